The van der Waals surface area contributed by atoms with Crippen LogP contribution in [-0.4, -0.2) is 26.7 Å². The van der Waals surface area contributed by atoms with Gasteiger partial charge in [0.05, 0.1) is 11.3 Å². The van der Waals surface area contributed by atoms with Crippen LogP contribution in [-0.2, 0) is 11.3 Å². The molecule has 0 bridgehead atoms. The normalized spacial score (nSPS) is 10.5. The number of amides is 1. The van der Waals surface area contributed by atoms with Crippen LogP contribution in [0.25, 0.3) is 11.1 Å². The number of nitrogens with zero attached hydrogens (tertiary/aromatic N) is 1. The fourth-order valence-electron chi connectivity index (χ4n) is 2.62. The Hall–Kier alpha value is -3.94. The summed E-state index contributed by atoms with van der Waals surface area (Å²) in [7, 11) is 0. The quantitative estimate of drug-likeness (QED) is 0.629. The average molecular weight is 382 g/mol. The monoisotopic (exact) mass is 382 g/mol. The number of carboxylic acid groups (broad SMARTS) is 1. The van der Waals surface area contributed by atoms with Gasteiger partial charge < -0.3 is 20.1 Å². The van der Waals surface area contributed by atoms with Crippen molar-refractivity contribution in [2.24, 2.45) is 0 Å². The van der Waals surface area contributed by atoms with Gasteiger partial charge in [-0.2, -0.15) is 0 Å². The Kier molecular flexibility index (Phi) is 5.21. The molecule has 0 fully saturated rings. The number of hydrogen-bond donors (Lipinski definition) is 3. The van der Waals surface area contributed by atoms with Crippen LogP contribution in [0.5, 0.6) is 5.75 Å². The molecular weight excluding hydrogens is 367 g/mol. The zero-order valence-corrected chi connectivity index (χ0v) is 14.4. The van der Waals surface area contributed by atoms with E-state index in [4.69, 9.17) is 5.11 Å². The molecule has 0 unspecified atom stereocenters. The second kappa shape index (κ2) is 7.75. The van der Waals surface area contributed by atoms with E-state index in [-0.39, 0.29) is 22.8 Å². The summed E-state index contributed by atoms with van der Waals surface area (Å²) >= 11 is 0. The number of carbonyl (C=O) groups excluding carboxylic acids is 1. The molecule has 2 aromatic carbocycles. The molecule has 0 saturated heterocycles. The maximum atomic E-state index is 13.0. The lowest BCUT2D eigenvalue weighted by atomic mass is 10.0. The maximum Gasteiger partial charge on any atom is 0.323 e. The fraction of sp³-hybridized carbons (Fsp3) is 0.0500. The number of pyridine rings is 1. The minimum atomic E-state index is -1.19. The third-order valence-corrected chi connectivity index (χ3v) is 3.97. The fourth-order valence-corrected chi connectivity index (χ4v) is 2.62. The Bertz CT molecular complexity index is 1110. The molecule has 3 rings (SSSR count). The Morgan fingerprint density at radius 2 is 1.68 bits per heavy atom. The van der Waals surface area contributed by atoms with Crippen molar-refractivity contribution in [1.82, 2.24) is 4.57 Å². The lowest BCUT2D eigenvalue weighted by Crippen LogP contribution is -2.24. The van der Waals surface area contributed by atoms with Crippen molar-refractivity contribution < 1.29 is 24.2 Å². The first-order chi connectivity index (χ1) is 13.3. The molecule has 3 aromatic rings. The number of nitrogens with one attached hydrogen (secondary N) is 1. The lowest BCUT2D eigenvalue weighted by molar-refractivity contribution is -0.137. The Balaban J connectivity index is 1.82. The molecule has 0 aliphatic rings. The van der Waals surface area contributed by atoms with Crippen molar-refractivity contribution >= 4 is 17.6 Å². The first-order valence-electron chi connectivity index (χ1n) is 8.16. The maximum absolute atomic E-state index is 13.0. The number of rotatable bonds is 5. The van der Waals surface area contributed by atoms with Gasteiger partial charge in [0.25, 0.3) is 11.5 Å². The first-order valence-corrected chi connectivity index (χ1v) is 8.16. The van der Waals surface area contributed by atoms with Crippen LogP contribution in [0, 0.1) is 5.82 Å². The van der Waals surface area contributed by atoms with Gasteiger partial charge in [-0.3, -0.25) is 14.4 Å². The summed E-state index contributed by atoms with van der Waals surface area (Å²) in [6.07, 6.45) is 1.21. The number of hydrogen-bond acceptors (Lipinski definition) is 4. The van der Waals surface area contributed by atoms with Crippen LogP contribution in [0.3, 0.4) is 0 Å². The van der Waals surface area contributed by atoms with E-state index >= 15 is 0 Å². The zero-order valence-electron chi connectivity index (χ0n) is 14.4. The topological polar surface area (TPSA) is 109 Å². The summed E-state index contributed by atoms with van der Waals surface area (Å²) in [4.78, 5) is 34.8. The van der Waals surface area contributed by atoms with Crippen molar-refractivity contribution in [1.29, 1.82) is 0 Å². The van der Waals surface area contributed by atoms with Crippen molar-refractivity contribution in [3.63, 3.8) is 0 Å². The van der Waals surface area contributed by atoms with Gasteiger partial charge in [0.15, 0.2) is 0 Å². The van der Waals surface area contributed by atoms with E-state index in [2.05, 4.69) is 5.32 Å². The standard InChI is InChI=1S/C20H15FN2O5/c21-14-4-1-12(2-5-14)13-3-7-16(17(24)9-13)20(28)22-15-6-8-18(25)23(10-15)11-19(26)27/h1-10,24H,11H2,(H,22,28)(H,26,27). The van der Waals surface area contributed by atoms with Crippen LogP contribution < -0.4 is 10.9 Å². The molecule has 0 atom stereocenters. The van der Waals surface area contributed by atoms with Crippen molar-refractivity contribution in [3.8, 4) is 16.9 Å². The molecule has 8 heteroatoms. The zero-order chi connectivity index (χ0) is 20.3. The summed E-state index contributed by atoms with van der Waals surface area (Å²) in [6.45, 7) is -0.542. The molecule has 3 N–H and O–H groups in total. The summed E-state index contributed by atoms with van der Waals surface area (Å²) in [5.74, 6) is -2.49. The predicted octanol–water partition coefficient (Wildman–Crippen LogP) is 2.70. The predicted molar refractivity (Wildman–Crippen MR) is 99.8 cm³/mol. The third kappa shape index (κ3) is 4.24. The van der Waals surface area contributed by atoms with Gasteiger partial charge in [0, 0.05) is 12.3 Å². The Morgan fingerprint density at radius 1 is 1.00 bits per heavy atom. The van der Waals surface area contributed by atoms with E-state index < -0.39 is 24.0 Å². The largest absolute Gasteiger partial charge is 0.507 e. The van der Waals surface area contributed by atoms with E-state index in [0.717, 1.165) is 10.6 Å². The number of aromatic nitrogens is 1. The molecule has 1 amide bonds. The molecule has 1 aromatic heterocycles. The summed E-state index contributed by atoms with van der Waals surface area (Å²) in [6, 6.07) is 12.6. The van der Waals surface area contributed by atoms with E-state index in [1.807, 2.05) is 0 Å². The highest BCUT2D eigenvalue weighted by atomic mass is 19.1. The van der Waals surface area contributed by atoms with E-state index in [1.54, 1.807) is 18.2 Å². The number of aromatic hydroxyl groups is 1. The summed E-state index contributed by atoms with van der Waals surface area (Å²) in [5.41, 5.74) is 0.940. The van der Waals surface area contributed by atoms with Crippen molar-refractivity contribution in [2.75, 3.05) is 5.32 Å². The molecule has 0 aliphatic carbocycles. The molecule has 28 heavy (non-hydrogen) atoms. The number of benzene rings is 2. The minimum absolute atomic E-state index is 0.0122. The molecule has 1 heterocycles. The molecule has 0 aliphatic heterocycles. The van der Waals surface area contributed by atoms with Gasteiger partial charge in [0.1, 0.15) is 18.1 Å². The van der Waals surface area contributed by atoms with Crippen LogP contribution in [0.4, 0.5) is 10.1 Å². The van der Waals surface area contributed by atoms with Gasteiger partial charge in [0.2, 0.25) is 0 Å². The van der Waals surface area contributed by atoms with Crippen LogP contribution in [0.1, 0.15) is 10.4 Å². The second-order valence-electron chi connectivity index (χ2n) is 5.97. The highest BCUT2D eigenvalue weighted by molar-refractivity contribution is 6.06. The highest BCUT2D eigenvalue weighted by Gasteiger charge is 2.13. The number of anilines is 1. The summed E-state index contributed by atoms with van der Waals surface area (Å²) < 4.78 is 14.0. The first kappa shape index (κ1) is 18.8. The van der Waals surface area contributed by atoms with Crippen LogP contribution in [0.2, 0.25) is 0 Å². The number of phenolic OH excluding ortho intramolecular Hbond substituents is 1. The number of aliphatic carboxylic acids is 1. The van der Waals surface area contributed by atoms with Crippen molar-refractivity contribution in [2.45, 2.75) is 6.54 Å². The van der Waals surface area contributed by atoms with Crippen LogP contribution in [0.15, 0.2) is 65.6 Å². The molecular formula is C20H15FN2O5. The van der Waals surface area contributed by atoms with Gasteiger partial charge >= 0.3 is 5.97 Å². The van der Waals surface area contributed by atoms with Crippen LogP contribution >= 0.6 is 0 Å². The van der Waals surface area contributed by atoms with Gasteiger partial charge in [-0.25, -0.2) is 4.39 Å². The number of carboxylic acids is 1. The van der Waals surface area contributed by atoms with Gasteiger partial charge in [-0.05, 0) is 41.5 Å². The summed E-state index contributed by atoms with van der Waals surface area (Å²) in [5, 5.41) is 21.5. The van der Waals surface area contributed by atoms with E-state index in [0.29, 0.717) is 11.1 Å². The molecule has 142 valence electrons. The number of carbonyl (C=O) groups is 2. The van der Waals surface area contributed by atoms with Crippen molar-refractivity contribution in [3.05, 3.63) is 82.5 Å². The Labute approximate surface area is 158 Å². The lowest BCUT2D eigenvalue weighted by Gasteiger charge is -2.10. The Morgan fingerprint density at radius 3 is 2.32 bits per heavy atom. The van der Waals surface area contributed by atoms with Gasteiger partial charge in [-0.1, -0.05) is 18.2 Å². The van der Waals surface area contributed by atoms with E-state index in [9.17, 15) is 23.9 Å². The highest BCUT2D eigenvalue weighted by Crippen LogP contribution is 2.27. The number of phenols is 1. The average Bonchev–Trinajstić information content (AvgIpc) is 2.64. The smallest absolute Gasteiger partial charge is 0.323 e. The molecule has 7 nitrogen and oxygen atoms in total. The second-order valence-corrected chi connectivity index (χ2v) is 5.97. The molecule has 0 radical (unpaired) electrons. The van der Waals surface area contributed by atoms with E-state index in [1.165, 1.54) is 36.5 Å². The van der Waals surface area contributed by atoms with Gasteiger partial charge in [-0.15, -0.1) is 0 Å². The molecule has 0 saturated carbocycles. The molecule has 0 spiro atoms. The SMILES string of the molecule is O=C(O)Cn1cc(NC(=O)c2ccc(-c3ccc(F)cc3)cc2O)ccc1=O. The minimum Gasteiger partial charge on any atom is -0.507 e. The third-order valence-electron chi connectivity index (χ3n) is 3.97. The number of halogens is 1.